The first-order chi connectivity index (χ1) is 7.81. The van der Waals surface area contributed by atoms with Crippen molar-refractivity contribution in [2.24, 2.45) is 0 Å². The van der Waals surface area contributed by atoms with Crippen molar-refractivity contribution in [3.63, 3.8) is 0 Å². The summed E-state index contributed by atoms with van der Waals surface area (Å²) in [6, 6.07) is 1.78. The van der Waals surface area contributed by atoms with Crippen molar-refractivity contribution in [2.45, 2.75) is 6.42 Å². The highest BCUT2D eigenvalue weighted by Gasteiger charge is 2.18. The van der Waals surface area contributed by atoms with Gasteiger partial charge in [0.25, 0.3) is 0 Å². The second-order valence-electron chi connectivity index (χ2n) is 3.47. The van der Waals surface area contributed by atoms with Gasteiger partial charge >= 0.3 is 5.97 Å². The van der Waals surface area contributed by atoms with E-state index in [1.807, 2.05) is 11.0 Å². The van der Waals surface area contributed by atoms with Gasteiger partial charge in [-0.25, -0.2) is 14.8 Å². The Morgan fingerprint density at radius 3 is 2.75 bits per heavy atom. The number of hydrogen-bond acceptors (Lipinski definition) is 5. The van der Waals surface area contributed by atoms with Crippen molar-refractivity contribution in [1.29, 1.82) is 0 Å². The Balaban J connectivity index is 2.05. The predicted octanol–water partition coefficient (Wildman–Crippen LogP) is 0.786. The summed E-state index contributed by atoms with van der Waals surface area (Å²) in [4.78, 5) is 21.6. The average molecular weight is 219 g/mol. The van der Waals surface area contributed by atoms with E-state index in [0.717, 1.165) is 12.1 Å². The molecule has 2 rings (SSSR count). The molecule has 0 spiro atoms. The van der Waals surface area contributed by atoms with Gasteiger partial charge in [0.2, 0.25) is 5.95 Å². The van der Waals surface area contributed by atoms with Crippen LogP contribution in [0, 0.1) is 0 Å². The maximum absolute atomic E-state index is 11.3. The number of carbonyl (C=O) groups is 1. The third-order valence-electron chi connectivity index (χ3n) is 2.49. The fourth-order valence-electron chi connectivity index (χ4n) is 1.62. The molecule has 0 fully saturated rings. The number of anilines is 1. The van der Waals surface area contributed by atoms with Gasteiger partial charge in [-0.3, -0.25) is 0 Å². The van der Waals surface area contributed by atoms with Gasteiger partial charge in [-0.05, 0) is 12.5 Å². The van der Waals surface area contributed by atoms with Crippen LogP contribution in [0.25, 0.3) is 0 Å². The molecule has 84 valence electrons. The fourth-order valence-corrected chi connectivity index (χ4v) is 1.62. The van der Waals surface area contributed by atoms with Gasteiger partial charge in [-0.1, -0.05) is 6.08 Å². The Morgan fingerprint density at radius 1 is 1.44 bits per heavy atom. The highest BCUT2D eigenvalue weighted by molar-refractivity contribution is 5.88. The van der Waals surface area contributed by atoms with Gasteiger partial charge < -0.3 is 9.64 Å². The van der Waals surface area contributed by atoms with Gasteiger partial charge in [0.15, 0.2) is 0 Å². The van der Waals surface area contributed by atoms with E-state index < -0.39 is 0 Å². The Kier molecular flexibility index (Phi) is 3.14. The van der Waals surface area contributed by atoms with E-state index >= 15 is 0 Å². The second kappa shape index (κ2) is 4.74. The molecule has 0 N–H and O–H groups in total. The maximum atomic E-state index is 11.3. The molecule has 1 aromatic heterocycles. The van der Waals surface area contributed by atoms with Crippen LogP contribution in [0.3, 0.4) is 0 Å². The molecule has 5 nitrogen and oxygen atoms in total. The molecule has 0 saturated heterocycles. The van der Waals surface area contributed by atoms with E-state index in [-0.39, 0.29) is 5.97 Å². The Morgan fingerprint density at radius 2 is 2.19 bits per heavy atom. The van der Waals surface area contributed by atoms with E-state index in [2.05, 4.69) is 14.7 Å². The van der Waals surface area contributed by atoms with Crippen LogP contribution in [0.5, 0.6) is 0 Å². The molecule has 1 aliphatic rings. The summed E-state index contributed by atoms with van der Waals surface area (Å²) in [6.45, 7) is 1.39. The number of esters is 1. The molecule has 0 amide bonds. The van der Waals surface area contributed by atoms with Gasteiger partial charge in [0, 0.05) is 31.1 Å². The third kappa shape index (κ3) is 2.18. The molecule has 0 radical (unpaired) electrons. The Labute approximate surface area is 93.8 Å². The number of nitrogens with zero attached hydrogens (tertiary/aromatic N) is 3. The topological polar surface area (TPSA) is 55.3 Å². The van der Waals surface area contributed by atoms with Crippen LogP contribution in [-0.4, -0.2) is 36.1 Å². The van der Waals surface area contributed by atoms with Crippen LogP contribution in [0.1, 0.15) is 6.42 Å². The van der Waals surface area contributed by atoms with Crippen molar-refractivity contribution < 1.29 is 9.53 Å². The van der Waals surface area contributed by atoms with Gasteiger partial charge in [0.05, 0.1) is 7.11 Å². The molecule has 0 atom stereocenters. The Hall–Kier alpha value is -1.91. The van der Waals surface area contributed by atoms with Gasteiger partial charge in [-0.15, -0.1) is 0 Å². The minimum absolute atomic E-state index is 0.242. The summed E-state index contributed by atoms with van der Waals surface area (Å²) in [6.07, 6.45) is 5.96. The highest BCUT2D eigenvalue weighted by atomic mass is 16.5. The lowest BCUT2D eigenvalue weighted by atomic mass is 10.1. The Bertz CT molecular complexity index is 403. The van der Waals surface area contributed by atoms with Crippen LogP contribution in [0.2, 0.25) is 0 Å². The zero-order valence-corrected chi connectivity index (χ0v) is 9.09. The quantitative estimate of drug-likeness (QED) is 0.688. The van der Waals surface area contributed by atoms with E-state index in [1.54, 1.807) is 18.5 Å². The zero-order valence-electron chi connectivity index (χ0n) is 9.09. The molecule has 0 aromatic carbocycles. The summed E-state index contributed by atoms with van der Waals surface area (Å²) in [5.74, 6) is 0.455. The van der Waals surface area contributed by atoms with Crippen molar-refractivity contribution in [1.82, 2.24) is 9.97 Å². The maximum Gasteiger partial charge on any atom is 0.333 e. The molecule has 1 aromatic rings. The first-order valence-corrected chi connectivity index (χ1v) is 5.10. The second-order valence-corrected chi connectivity index (χ2v) is 3.47. The SMILES string of the molecule is COC(=O)C1=CCN(c2ncccn2)CC1. The van der Waals surface area contributed by atoms with Gasteiger partial charge in [-0.2, -0.15) is 0 Å². The number of rotatable bonds is 2. The van der Waals surface area contributed by atoms with E-state index in [1.165, 1.54) is 7.11 Å². The molecule has 0 aliphatic carbocycles. The summed E-state index contributed by atoms with van der Waals surface area (Å²) in [7, 11) is 1.40. The van der Waals surface area contributed by atoms with Crippen LogP contribution in [0.15, 0.2) is 30.1 Å². The lowest BCUT2D eigenvalue weighted by molar-refractivity contribution is -0.136. The molecule has 16 heavy (non-hydrogen) atoms. The molecule has 2 heterocycles. The van der Waals surface area contributed by atoms with Crippen molar-refractivity contribution in [3.05, 3.63) is 30.1 Å². The molecular formula is C11H13N3O2. The molecule has 1 aliphatic heterocycles. The van der Waals surface area contributed by atoms with E-state index in [9.17, 15) is 4.79 Å². The monoisotopic (exact) mass is 219 g/mol. The van der Waals surface area contributed by atoms with Crippen molar-refractivity contribution >= 4 is 11.9 Å². The van der Waals surface area contributed by atoms with Crippen LogP contribution in [0.4, 0.5) is 5.95 Å². The average Bonchev–Trinajstić information content (AvgIpc) is 2.39. The van der Waals surface area contributed by atoms with Crippen LogP contribution >= 0.6 is 0 Å². The minimum atomic E-state index is -0.242. The highest BCUT2D eigenvalue weighted by Crippen LogP contribution is 2.15. The lowest BCUT2D eigenvalue weighted by Crippen LogP contribution is -2.31. The summed E-state index contributed by atoms with van der Waals surface area (Å²) < 4.78 is 4.67. The van der Waals surface area contributed by atoms with Gasteiger partial charge in [0.1, 0.15) is 0 Å². The number of hydrogen-bond donors (Lipinski definition) is 0. The summed E-state index contributed by atoms with van der Waals surface area (Å²) in [5.41, 5.74) is 0.731. The first-order valence-electron chi connectivity index (χ1n) is 5.10. The molecule has 0 unspecified atom stereocenters. The minimum Gasteiger partial charge on any atom is -0.466 e. The van der Waals surface area contributed by atoms with Crippen LogP contribution in [-0.2, 0) is 9.53 Å². The molecule has 0 saturated carbocycles. The van der Waals surface area contributed by atoms with E-state index in [0.29, 0.717) is 18.9 Å². The first kappa shape index (κ1) is 10.6. The van der Waals surface area contributed by atoms with Crippen molar-refractivity contribution in [2.75, 3.05) is 25.1 Å². The lowest BCUT2D eigenvalue weighted by Gasteiger charge is -2.25. The summed E-state index contributed by atoms with van der Waals surface area (Å²) >= 11 is 0. The number of methoxy groups -OCH3 is 1. The largest absolute Gasteiger partial charge is 0.466 e. The van der Waals surface area contributed by atoms with Crippen molar-refractivity contribution in [3.8, 4) is 0 Å². The molecule has 5 heteroatoms. The molecule has 0 bridgehead atoms. The number of ether oxygens (including phenoxy) is 1. The standard InChI is InChI=1S/C11H13N3O2/c1-16-10(15)9-3-7-14(8-4-9)11-12-5-2-6-13-11/h2-3,5-6H,4,7-8H2,1H3. The van der Waals surface area contributed by atoms with E-state index in [4.69, 9.17) is 0 Å². The number of carbonyl (C=O) groups excluding carboxylic acids is 1. The normalized spacial score (nSPS) is 15.6. The number of aromatic nitrogens is 2. The zero-order chi connectivity index (χ0) is 11.4. The predicted molar refractivity (Wildman–Crippen MR) is 59.0 cm³/mol. The van der Waals surface area contributed by atoms with Crippen LogP contribution < -0.4 is 4.90 Å². The smallest absolute Gasteiger partial charge is 0.333 e. The third-order valence-corrected chi connectivity index (χ3v) is 2.49. The summed E-state index contributed by atoms with van der Waals surface area (Å²) in [5, 5.41) is 0. The fraction of sp³-hybridized carbons (Fsp3) is 0.364. The molecular weight excluding hydrogens is 206 g/mol.